The monoisotopic (exact) mass is 445 g/mol. The number of benzene rings is 2. The van der Waals surface area contributed by atoms with E-state index in [-0.39, 0.29) is 12.1 Å². The molecular weight excluding hydrogens is 414 g/mol. The molecule has 0 bridgehead atoms. The van der Waals surface area contributed by atoms with Crippen molar-refractivity contribution in [2.75, 3.05) is 30.8 Å². The van der Waals surface area contributed by atoms with Crippen LogP contribution in [0.1, 0.15) is 31.2 Å². The number of amides is 2. The highest BCUT2D eigenvalue weighted by atomic mass is 16.5. The van der Waals surface area contributed by atoms with Crippen LogP contribution in [-0.2, 0) is 6.54 Å². The molecular formula is C26H31N5O2. The van der Waals surface area contributed by atoms with Crippen molar-refractivity contribution in [2.45, 2.75) is 44.3 Å². The first-order valence-corrected chi connectivity index (χ1v) is 11.8. The fourth-order valence-electron chi connectivity index (χ4n) is 4.54. The maximum atomic E-state index is 12.5. The van der Waals surface area contributed by atoms with Gasteiger partial charge >= 0.3 is 6.03 Å². The molecule has 1 saturated heterocycles. The number of carbonyl (C=O) groups excluding carboxylic acids is 1. The second kappa shape index (κ2) is 9.67. The quantitative estimate of drug-likeness (QED) is 0.495. The Balaban J connectivity index is 1.16. The van der Waals surface area contributed by atoms with Crippen LogP contribution in [0.5, 0.6) is 5.75 Å². The summed E-state index contributed by atoms with van der Waals surface area (Å²) in [5.74, 6) is 1.65. The maximum Gasteiger partial charge on any atom is 0.319 e. The van der Waals surface area contributed by atoms with E-state index >= 15 is 0 Å². The number of nitrogens with zero attached hydrogens (tertiary/aromatic N) is 2. The predicted molar refractivity (Wildman–Crippen MR) is 132 cm³/mol. The van der Waals surface area contributed by atoms with Gasteiger partial charge in [0.1, 0.15) is 11.6 Å². The third-order valence-corrected chi connectivity index (χ3v) is 6.53. The molecule has 3 N–H and O–H groups in total. The zero-order chi connectivity index (χ0) is 22.6. The topological polar surface area (TPSA) is 78.5 Å². The Bertz CT molecular complexity index is 1120. The van der Waals surface area contributed by atoms with E-state index in [0.717, 1.165) is 65.7 Å². The summed E-state index contributed by atoms with van der Waals surface area (Å²) >= 11 is 0. The normalized spacial score (nSPS) is 17.0. The zero-order valence-corrected chi connectivity index (χ0v) is 19.0. The maximum absolute atomic E-state index is 12.5. The number of rotatable bonds is 7. The van der Waals surface area contributed by atoms with Crippen LogP contribution in [0.15, 0.2) is 54.6 Å². The number of likely N-dealkylation sites (tertiary alicyclic amines) is 1. The molecule has 0 unspecified atom stereocenters. The standard InChI is InChI=1S/C26H31N5O2/c1-33-24-5-3-2-4-19(24)17-27-25-11-6-18-16-21(7-10-23(18)30-25)29-26(32)28-20-12-14-31(15-13-20)22-8-9-22/h2-7,10-11,16,20,22H,8-9,12-15,17H2,1H3,(H,27,30)(H2,28,29,32). The molecule has 172 valence electrons. The summed E-state index contributed by atoms with van der Waals surface area (Å²) in [6.07, 6.45) is 4.73. The Morgan fingerprint density at radius 1 is 1.06 bits per heavy atom. The van der Waals surface area contributed by atoms with Crippen molar-refractivity contribution in [3.63, 3.8) is 0 Å². The van der Waals surface area contributed by atoms with Crippen molar-refractivity contribution >= 4 is 28.4 Å². The van der Waals surface area contributed by atoms with Gasteiger partial charge in [-0.3, -0.25) is 0 Å². The lowest BCUT2D eigenvalue weighted by molar-refractivity contribution is 0.189. The lowest BCUT2D eigenvalue weighted by Crippen LogP contribution is -2.46. The number of hydrogen-bond donors (Lipinski definition) is 3. The summed E-state index contributed by atoms with van der Waals surface area (Å²) in [6, 6.07) is 18.6. The fraction of sp³-hybridized carbons (Fsp3) is 0.385. The molecule has 2 heterocycles. The second-order valence-electron chi connectivity index (χ2n) is 8.91. The molecule has 7 heteroatoms. The smallest absolute Gasteiger partial charge is 0.319 e. The van der Waals surface area contributed by atoms with Gasteiger partial charge in [0.2, 0.25) is 0 Å². The van der Waals surface area contributed by atoms with Gasteiger partial charge in [-0.1, -0.05) is 18.2 Å². The number of piperidine rings is 1. The van der Waals surface area contributed by atoms with E-state index in [0.29, 0.717) is 6.54 Å². The Morgan fingerprint density at radius 2 is 1.88 bits per heavy atom. The molecule has 3 aromatic rings. The van der Waals surface area contributed by atoms with Gasteiger partial charge in [-0.15, -0.1) is 0 Å². The van der Waals surface area contributed by atoms with Crippen LogP contribution in [0, 0.1) is 0 Å². The number of methoxy groups -OCH3 is 1. The highest BCUT2D eigenvalue weighted by Gasteiger charge is 2.32. The third-order valence-electron chi connectivity index (χ3n) is 6.53. The molecule has 1 aliphatic heterocycles. The predicted octanol–water partition coefficient (Wildman–Crippen LogP) is 4.60. The van der Waals surface area contributed by atoms with E-state index in [1.165, 1.54) is 12.8 Å². The highest BCUT2D eigenvalue weighted by Crippen LogP contribution is 2.29. The van der Waals surface area contributed by atoms with E-state index in [4.69, 9.17) is 9.72 Å². The van der Waals surface area contributed by atoms with Crippen LogP contribution in [0.3, 0.4) is 0 Å². The van der Waals surface area contributed by atoms with Gasteiger partial charge in [-0.2, -0.15) is 0 Å². The third kappa shape index (κ3) is 5.37. The summed E-state index contributed by atoms with van der Waals surface area (Å²) in [5, 5.41) is 10.5. The molecule has 2 aromatic carbocycles. The first-order chi connectivity index (χ1) is 16.2. The van der Waals surface area contributed by atoms with E-state index in [1.807, 2.05) is 54.6 Å². The minimum Gasteiger partial charge on any atom is -0.496 e. The average Bonchev–Trinajstić information content (AvgIpc) is 3.69. The van der Waals surface area contributed by atoms with Gasteiger partial charge in [0.15, 0.2) is 0 Å². The van der Waals surface area contributed by atoms with Crippen molar-refractivity contribution in [1.82, 2.24) is 15.2 Å². The summed E-state index contributed by atoms with van der Waals surface area (Å²) in [4.78, 5) is 19.8. The van der Waals surface area contributed by atoms with Crippen molar-refractivity contribution in [3.05, 3.63) is 60.2 Å². The van der Waals surface area contributed by atoms with Crippen molar-refractivity contribution in [1.29, 1.82) is 0 Å². The number of aromatic nitrogens is 1. The summed E-state index contributed by atoms with van der Waals surface area (Å²) in [7, 11) is 1.68. The fourth-order valence-corrected chi connectivity index (χ4v) is 4.54. The number of ether oxygens (including phenoxy) is 1. The van der Waals surface area contributed by atoms with Gasteiger partial charge in [0, 0.05) is 48.4 Å². The van der Waals surface area contributed by atoms with Gasteiger partial charge in [-0.25, -0.2) is 9.78 Å². The van der Waals surface area contributed by atoms with Gasteiger partial charge in [0.05, 0.1) is 12.6 Å². The van der Waals surface area contributed by atoms with Crippen molar-refractivity contribution in [3.8, 4) is 5.75 Å². The Labute approximate surface area is 194 Å². The largest absolute Gasteiger partial charge is 0.496 e. The molecule has 0 spiro atoms. The molecule has 0 radical (unpaired) electrons. The lowest BCUT2D eigenvalue weighted by Gasteiger charge is -2.32. The number of pyridine rings is 1. The summed E-state index contributed by atoms with van der Waals surface area (Å²) in [5.41, 5.74) is 2.72. The van der Waals surface area contributed by atoms with Gasteiger partial charge < -0.3 is 25.6 Å². The number of carbonyl (C=O) groups is 1. The number of fused-ring (bicyclic) bond motifs is 1. The number of urea groups is 1. The summed E-state index contributed by atoms with van der Waals surface area (Å²) in [6.45, 7) is 2.80. The Kier molecular flexibility index (Phi) is 6.30. The van der Waals surface area contributed by atoms with E-state index in [9.17, 15) is 4.79 Å². The summed E-state index contributed by atoms with van der Waals surface area (Å²) < 4.78 is 5.41. The second-order valence-corrected chi connectivity index (χ2v) is 8.91. The van der Waals surface area contributed by atoms with Gasteiger partial charge in [0.25, 0.3) is 0 Å². The van der Waals surface area contributed by atoms with Crippen LogP contribution in [-0.4, -0.2) is 48.2 Å². The molecule has 1 aliphatic carbocycles. The molecule has 7 nitrogen and oxygen atoms in total. The zero-order valence-electron chi connectivity index (χ0n) is 19.0. The van der Waals surface area contributed by atoms with Crippen LogP contribution < -0.4 is 20.7 Å². The number of anilines is 2. The molecule has 1 saturated carbocycles. The Morgan fingerprint density at radius 3 is 2.67 bits per heavy atom. The van der Waals surface area contributed by atoms with Gasteiger partial charge in [-0.05, 0) is 62.1 Å². The minimum absolute atomic E-state index is 0.137. The number of hydrogen-bond acceptors (Lipinski definition) is 5. The van der Waals surface area contributed by atoms with E-state index in [1.54, 1.807) is 7.11 Å². The average molecular weight is 446 g/mol. The number of para-hydroxylation sites is 1. The molecule has 5 rings (SSSR count). The first-order valence-electron chi connectivity index (χ1n) is 11.8. The lowest BCUT2D eigenvalue weighted by atomic mass is 10.1. The molecule has 33 heavy (non-hydrogen) atoms. The minimum atomic E-state index is -0.137. The van der Waals surface area contributed by atoms with Crippen LogP contribution in [0.2, 0.25) is 0 Å². The molecule has 2 amide bonds. The number of nitrogens with one attached hydrogen (secondary N) is 3. The highest BCUT2D eigenvalue weighted by molar-refractivity contribution is 5.93. The molecule has 1 aromatic heterocycles. The van der Waals surface area contributed by atoms with Crippen molar-refractivity contribution < 1.29 is 9.53 Å². The van der Waals surface area contributed by atoms with E-state index < -0.39 is 0 Å². The van der Waals surface area contributed by atoms with Crippen LogP contribution in [0.4, 0.5) is 16.3 Å². The van der Waals surface area contributed by atoms with Crippen LogP contribution in [0.25, 0.3) is 10.9 Å². The molecule has 2 aliphatic rings. The SMILES string of the molecule is COc1ccccc1CNc1ccc2cc(NC(=O)NC3CCN(C4CC4)CC3)ccc2n1. The Hall–Kier alpha value is -3.32. The van der Waals surface area contributed by atoms with Crippen molar-refractivity contribution in [2.24, 2.45) is 0 Å². The molecule has 2 fully saturated rings. The van der Waals surface area contributed by atoms with Crippen LogP contribution >= 0.6 is 0 Å². The first kappa shape index (κ1) is 21.5. The molecule has 0 atom stereocenters. The van der Waals surface area contributed by atoms with E-state index in [2.05, 4.69) is 20.9 Å².